The second-order valence-corrected chi connectivity index (χ2v) is 16.2. The van der Waals surface area contributed by atoms with E-state index in [1.807, 2.05) is 18.2 Å². The summed E-state index contributed by atoms with van der Waals surface area (Å²) in [5, 5.41) is 7.52. The minimum atomic E-state index is -3.35. The SMILES string of the molecule is O=P1(c2ccccc2)c2ccccc2C2(c3ccccc3-n3c4ccccc4c4cccc2c43)c2ccc(-c3cccc4ccccc34)cc21. The van der Waals surface area contributed by atoms with Crippen LogP contribution in [0.1, 0.15) is 22.3 Å². The Kier molecular flexibility index (Phi) is 5.61. The van der Waals surface area contributed by atoms with E-state index in [1.54, 1.807) is 0 Å². The average molecular weight is 656 g/mol. The number of para-hydroxylation sites is 3. The van der Waals surface area contributed by atoms with E-state index < -0.39 is 12.6 Å². The van der Waals surface area contributed by atoms with Gasteiger partial charge in [0.25, 0.3) is 0 Å². The summed E-state index contributed by atoms with van der Waals surface area (Å²) in [5.41, 5.74) is 9.68. The molecule has 11 rings (SSSR count). The minimum Gasteiger partial charge on any atom is -0.309 e. The fourth-order valence-corrected chi connectivity index (χ4v) is 12.5. The molecule has 0 N–H and O–H groups in total. The Labute approximate surface area is 290 Å². The molecule has 0 saturated carbocycles. The van der Waals surface area contributed by atoms with E-state index in [0.717, 1.165) is 43.9 Å². The monoisotopic (exact) mass is 655 g/mol. The summed E-state index contributed by atoms with van der Waals surface area (Å²) in [5.74, 6) is 0. The first kappa shape index (κ1) is 27.9. The molecule has 0 saturated heterocycles. The van der Waals surface area contributed by atoms with Crippen LogP contribution in [0, 0.1) is 0 Å². The molecule has 0 bridgehead atoms. The molecule has 1 spiro atoms. The number of rotatable bonds is 2. The van der Waals surface area contributed by atoms with Crippen molar-refractivity contribution >= 4 is 55.6 Å². The van der Waals surface area contributed by atoms with Crippen LogP contribution >= 0.6 is 7.14 Å². The third kappa shape index (κ3) is 3.37. The van der Waals surface area contributed by atoms with Crippen molar-refractivity contribution in [1.29, 1.82) is 0 Å². The molecule has 2 unspecified atom stereocenters. The second-order valence-electron chi connectivity index (χ2n) is 13.5. The number of fused-ring (bicyclic) bond motifs is 12. The molecule has 9 aromatic rings. The standard InChI is InChI=1S/C47H30NOP/c49-50(33-16-2-1-3-17-33)44-27-11-8-23-39(44)47(40-29-28-32(30-45(40)50)35-20-12-15-31-14-4-5-18-34(31)35)38-22-7-10-26-43(38)48-42-25-9-6-19-36(42)37-21-13-24-41(47)46(37)48/h1-30H. The maximum absolute atomic E-state index is 16.5. The number of nitrogens with zero attached hydrogens (tertiary/aromatic N) is 1. The van der Waals surface area contributed by atoms with Gasteiger partial charge in [0.05, 0.1) is 22.1 Å². The summed E-state index contributed by atoms with van der Waals surface area (Å²) >= 11 is 0. The van der Waals surface area contributed by atoms with E-state index >= 15 is 4.57 Å². The predicted molar refractivity (Wildman–Crippen MR) is 209 cm³/mol. The summed E-state index contributed by atoms with van der Waals surface area (Å²) in [6.07, 6.45) is 0. The Morgan fingerprint density at radius 1 is 0.460 bits per heavy atom. The van der Waals surface area contributed by atoms with Crippen LogP contribution in [0.5, 0.6) is 0 Å². The van der Waals surface area contributed by atoms with Gasteiger partial charge in [0.1, 0.15) is 0 Å². The van der Waals surface area contributed by atoms with E-state index in [-0.39, 0.29) is 0 Å². The predicted octanol–water partition coefficient (Wildman–Crippen LogP) is 10.3. The van der Waals surface area contributed by atoms with Crippen LogP contribution in [0.2, 0.25) is 0 Å². The van der Waals surface area contributed by atoms with Crippen LogP contribution in [0.4, 0.5) is 0 Å². The van der Waals surface area contributed by atoms with Gasteiger partial charge in [-0.25, -0.2) is 0 Å². The highest BCUT2D eigenvalue weighted by Crippen LogP contribution is 2.61. The van der Waals surface area contributed by atoms with Crippen molar-refractivity contribution < 1.29 is 4.57 Å². The van der Waals surface area contributed by atoms with Gasteiger partial charge in [0.2, 0.25) is 0 Å². The number of hydrogen-bond donors (Lipinski definition) is 0. The molecule has 8 aromatic carbocycles. The van der Waals surface area contributed by atoms with Gasteiger partial charge in [0, 0.05) is 26.7 Å². The van der Waals surface area contributed by atoms with Crippen molar-refractivity contribution in [2.24, 2.45) is 0 Å². The van der Waals surface area contributed by atoms with Gasteiger partial charge in [-0.2, -0.15) is 0 Å². The Morgan fingerprint density at radius 3 is 2.00 bits per heavy atom. The molecular formula is C47H30NOP. The summed E-state index contributed by atoms with van der Waals surface area (Å²) in [7, 11) is -3.35. The first-order valence-corrected chi connectivity index (χ1v) is 18.9. The van der Waals surface area contributed by atoms with Crippen LogP contribution in [0.15, 0.2) is 182 Å². The maximum atomic E-state index is 16.5. The van der Waals surface area contributed by atoms with Gasteiger partial charge in [-0.1, -0.05) is 164 Å². The molecular weight excluding hydrogens is 625 g/mol. The van der Waals surface area contributed by atoms with Crippen molar-refractivity contribution in [3.05, 3.63) is 204 Å². The zero-order valence-corrected chi connectivity index (χ0v) is 28.0. The second kappa shape index (κ2) is 10.0. The highest BCUT2D eigenvalue weighted by atomic mass is 31.2. The summed E-state index contributed by atoms with van der Waals surface area (Å²) in [4.78, 5) is 0. The third-order valence-corrected chi connectivity index (χ3v) is 14.4. The van der Waals surface area contributed by atoms with Gasteiger partial charge >= 0.3 is 0 Å². The van der Waals surface area contributed by atoms with E-state index in [9.17, 15) is 0 Å². The van der Waals surface area contributed by atoms with Crippen LogP contribution in [0.25, 0.3) is 49.4 Å². The number of aromatic nitrogens is 1. The fraction of sp³-hybridized carbons (Fsp3) is 0.0213. The Balaban J connectivity index is 1.35. The third-order valence-electron chi connectivity index (χ3n) is 11.3. The van der Waals surface area contributed by atoms with E-state index in [0.29, 0.717) is 0 Å². The van der Waals surface area contributed by atoms with Gasteiger partial charge in [-0.3, -0.25) is 0 Å². The molecule has 234 valence electrons. The fourth-order valence-electron chi connectivity index (χ4n) is 9.29. The van der Waals surface area contributed by atoms with Crippen molar-refractivity contribution in [3.8, 4) is 16.8 Å². The molecule has 2 nitrogen and oxygen atoms in total. The molecule has 3 heteroatoms. The van der Waals surface area contributed by atoms with Crippen molar-refractivity contribution in [1.82, 2.24) is 4.57 Å². The van der Waals surface area contributed by atoms with Crippen LogP contribution in [-0.2, 0) is 9.98 Å². The molecule has 50 heavy (non-hydrogen) atoms. The lowest BCUT2D eigenvalue weighted by molar-refractivity contribution is 0.590. The van der Waals surface area contributed by atoms with Gasteiger partial charge in [0.15, 0.2) is 7.14 Å². The first-order chi connectivity index (χ1) is 24.7. The van der Waals surface area contributed by atoms with Crippen molar-refractivity contribution in [2.45, 2.75) is 5.41 Å². The number of benzene rings is 8. The van der Waals surface area contributed by atoms with Crippen LogP contribution < -0.4 is 15.9 Å². The summed E-state index contributed by atoms with van der Waals surface area (Å²) in [6, 6.07) is 64.9. The molecule has 0 amide bonds. The highest BCUT2D eigenvalue weighted by Gasteiger charge is 2.54. The van der Waals surface area contributed by atoms with E-state index in [1.165, 1.54) is 43.7 Å². The molecule has 2 atom stereocenters. The van der Waals surface area contributed by atoms with Crippen LogP contribution in [-0.4, -0.2) is 4.57 Å². The Bertz CT molecular complexity index is 2910. The average Bonchev–Trinajstić information content (AvgIpc) is 3.53. The van der Waals surface area contributed by atoms with E-state index in [2.05, 4.69) is 168 Å². The molecule has 0 aliphatic carbocycles. The Morgan fingerprint density at radius 2 is 1.10 bits per heavy atom. The number of hydrogen-bond acceptors (Lipinski definition) is 1. The quantitative estimate of drug-likeness (QED) is 0.170. The lowest BCUT2D eigenvalue weighted by Gasteiger charge is -2.47. The lowest BCUT2D eigenvalue weighted by Crippen LogP contribution is -2.48. The normalized spacial score (nSPS) is 18.6. The minimum absolute atomic E-state index is 0.702. The van der Waals surface area contributed by atoms with Gasteiger partial charge < -0.3 is 9.13 Å². The van der Waals surface area contributed by atoms with Crippen molar-refractivity contribution in [3.63, 3.8) is 0 Å². The largest absolute Gasteiger partial charge is 0.309 e. The molecule has 1 aromatic heterocycles. The zero-order chi connectivity index (χ0) is 33.0. The maximum Gasteiger partial charge on any atom is 0.171 e. The van der Waals surface area contributed by atoms with Gasteiger partial charge in [-0.05, 0) is 62.4 Å². The first-order valence-electron chi connectivity index (χ1n) is 17.2. The molecule has 3 heterocycles. The van der Waals surface area contributed by atoms with Crippen molar-refractivity contribution in [2.75, 3.05) is 0 Å². The highest BCUT2D eigenvalue weighted by molar-refractivity contribution is 7.85. The smallest absolute Gasteiger partial charge is 0.171 e. The Hall–Kier alpha value is -5.95. The molecule has 2 aliphatic heterocycles. The van der Waals surface area contributed by atoms with Gasteiger partial charge in [-0.15, -0.1) is 0 Å². The topological polar surface area (TPSA) is 22.0 Å². The zero-order valence-electron chi connectivity index (χ0n) is 27.1. The summed E-state index contributed by atoms with van der Waals surface area (Å²) in [6.45, 7) is 0. The molecule has 0 radical (unpaired) electrons. The lowest BCUT2D eigenvalue weighted by atomic mass is 9.62. The molecule has 2 aliphatic rings. The van der Waals surface area contributed by atoms with E-state index in [4.69, 9.17) is 0 Å². The summed E-state index contributed by atoms with van der Waals surface area (Å²) < 4.78 is 18.9. The molecule has 0 fully saturated rings. The van der Waals surface area contributed by atoms with Crippen LogP contribution in [0.3, 0.4) is 0 Å².